The van der Waals surface area contributed by atoms with E-state index < -0.39 is 0 Å². The molecular weight excluding hydrogens is 330 g/mol. The van der Waals surface area contributed by atoms with E-state index in [-0.39, 0.29) is 10.2 Å². The van der Waals surface area contributed by atoms with E-state index in [1.807, 2.05) is 19.1 Å². The van der Waals surface area contributed by atoms with Crippen LogP contribution < -0.4 is 21.8 Å². The first kappa shape index (κ1) is 20.9. The average Bonchev–Trinajstić information content (AvgIpc) is 2.59. The van der Waals surface area contributed by atoms with Crippen LogP contribution in [-0.4, -0.2) is 40.7 Å². The van der Waals surface area contributed by atoms with Crippen LogP contribution in [0.25, 0.3) is 0 Å². The van der Waals surface area contributed by atoms with Crippen LogP contribution in [0.1, 0.15) is 29.6 Å². The topological polar surface area (TPSA) is 111 Å². The molecule has 1 heterocycles. The lowest BCUT2D eigenvalue weighted by molar-refractivity contribution is 0.964. The minimum absolute atomic E-state index is 0. The molecule has 0 saturated heterocycles. The molecule has 0 radical (unpaired) electrons. The van der Waals surface area contributed by atoms with Crippen molar-refractivity contribution in [1.82, 2.24) is 21.0 Å². The number of aromatic nitrogens is 1. The van der Waals surface area contributed by atoms with Gasteiger partial charge in [0.2, 0.25) is 0 Å². The fourth-order valence-corrected chi connectivity index (χ4v) is 1.41. The molecule has 23 heavy (non-hydrogen) atoms. The van der Waals surface area contributed by atoms with Crippen LogP contribution in [0.4, 0.5) is 0 Å². The third-order valence-corrected chi connectivity index (χ3v) is 3.31. The molecule has 1 atom stereocenters. The summed E-state index contributed by atoms with van der Waals surface area (Å²) in [5.74, 6) is -0.0487. The summed E-state index contributed by atoms with van der Waals surface area (Å²) in [7, 11) is 3.39. The Bertz CT molecular complexity index is 571. The molecule has 1 aromatic rings. The van der Waals surface area contributed by atoms with Gasteiger partial charge in [0.05, 0.1) is 11.4 Å². The Morgan fingerprint density at radius 2 is 2.00 bits per heavy atom. The van der Waals surface area contributed by atoms with Crippen LogP contribution in [0.2, 0.25) is 0 Å². The van der Waals surface area contributed by atoms with Gasteiger partial charge in [-0.3, -0.25) is 10.4 Å². The average molecular weight is 360 g/mol. The largest absolute Gasteiger partial charge is 0.376 e. The number of thiocarbonyl (C=S) groups is 2. The Morgan fingerprint density at radius 1 is 1.39 bits per heavy atom. The number of rotatable bonds is 4. The van der Waals surface area contributed by atoms with Gasteiger partial charge >= 0.3 is 0 Å². The van der Waals surface area contributed by atoms with Crippen molar-refractivity contribution in [3.05, 3.63) is 30.1 Å². The maximum atomic E-state index is 8.08. The molecule has 9 heteroatoms. The third-order valence-electron chi connectivity index (χ3n) is 2.81. The smallest absolute Gasteiger partial charge is 0.186 e. The van der Waals surface area contributed by atoms with Gasteiger partial charge in [-0.05, 0) is 43.0 Å². The molecule has 1 unspecified atom stereocenters. The predicted molar refractivity (Wildman–Crippen MR) is 110 cm³/mol. The molecule has 0 fully saturated rings. The molecule has 0 amide bonds. The molecule has 132 valence electrons. The van der Waals surface area contributed by atoms with Crippen molar-refractivity contribution >= 4 is 46.1 Å². The van der Waals surface area contributed by atoms with Crippen LogP contribution in [-0.2, 0) is 0 Å². The molecular formula is C14H29N7S2. The fraction of sp³-hybridized carbons (Fsp3) is 0.357. The van der Waals surface area contributed by atoms with Crippen LogP contribution >= 0.6 is 24.4 Å². The van der Waals surface area contributed by atoms with Gasteiger partial charge in [0.1, 0.15) is 0 Å². The van der Waals surface area contributed by atoms with Crippen molar-refractivity contribution < 1.29 is 4.28 Å². The lowest BCUT2D eigenvalue weighted by Gasteiger charge is -2.13. The minimum atomic E-state index is -0.0487. The van der Waals surface area contributed by atoms with Crippen molar-refractivity contribution in [2.75, 3.05) is 14.1 Å². The van der Waals surface area contributed by atoms with Crippen molar-refractivity contribution in [2.24, 2.45) is 10.8 Å². The molecule has 7 nitrogen and oxygen atoms in total. The quantitative estimate of drug-likeness (QED) is 0.317. The fourth-order valence-electron chi connectivity index (χ4n) is 1.36. The van der Waals surface area contributed by atoms with E-state index >= 15 is 0 Å². The van der Waals surface area contributed by atoms with Crippen molar-refractivity contribution in [3.63, 3.8) is 0 Å². The first-order valence-electron chi connectivity index (χ1n) is 6.81. The Balaban J connectivity index is -0.000000268. The minimum Gasteiger partial charge on any atom is -0.376 e. The molecule has 0 aliphatic heterocycles. The van der Waals surface area contributed by atoms with E-state index in [1.165, 1.54) is 0 Å². The normalized spacial score (nSPS) is 11.4. The van der Waals surface area contributed by atoms with E-state index in [0.29, 0.717) is 21.6 Å². The summed E-state index contributed by atoms with van der Waals surface area (Å²) in [5, 5.41) is 18.2. The van der Waals surface area contributed by atoms with Gasteiger partial charge in [-0.15, -0.1) is 0 Å². The lowest BCUT2D eigenvalue weighted by atomic mass is 9.95. The summed E-state index contributed by atoms with van der Waals surface area (Å²) in [5.41, 5.74) is 9.62. The zero-order chi connectivity index (χ0) is 17.8. The van der Waals surface area contributed by atoms with Gasteiger partial charge in [0.15, 0.2) is 10.2 Å². The Hall–Kier alpha value is -2.13. The number of nitrogens with two attached hydrogens (primary N) is 1. The molecule has 1 aromatic heterocycles. The molecule has 1 rings (SSSR count). The van der Waals surface area contributed by atoms with Gasteiger partial charge < -0.3 is 21.8 Å². The standard InChI is InChI=1S/C12H17N5S.C2H6N2S.3H2/c1-8(10-5-4-6-15-7-10)11(13)9(2)16-17-12(18)14-3;1-4-2(3)5;;;/h4-8,13H,1-3H3,(H2,14,17,18);1H3,(H3,3,4,5);3*1H/b13-11?,16-9+;;;;. The van der Waals surface area contributed by atoms with Gasteiger partial charge in [0.25, 0.3) is 0 Å². The predicted octanol–water partition coefficient (Wildman–Crippen LogP) is 1.86. The van der Waals surface area contributed by atoms with Gasteiger partial charge in [-0.2, -0.15) is 5.10 Å². The van der Waals surface area contributed by atoms with E-state index in [2.05, 4.69) is 38.4 Å². The van der Waals surface area contributed by atoms with E-state index in [4.69, 9.17) is 23.4 Å². The summed E-state index contributed by atoms with van der Waals surface area (Å²) >= 11 is 9.27. The lowest BCUT2D eigenvalue weighted by Crippen LogP contribution is -2.30. The first-order chi connectivity index (χ1) is 10.8. The highest BCUT2D eigenvalue weighted by molar-refractivity contribution is 7.80. The second-order valence-electron chi connectivity index (χ2n) is 4.42. The van der Waals surface area contributed by atoms with Gasteiger partial charge in [0, 0.05) is 36.7 Å². The summed E-state index contributed by atoms with van der Waals surface area (Å²) in [4.78, 5) is 4.05. The van der Waals surface area contributed by atoms with Crippen molar-refractivity contribution in [2.45, 2.75) is 19.8 Å². The second kappa shape index (κ2) is 11.4. The second-order valence-corrected chi connectivity index (χ2v) is 5.27. The molecule has 0 aliphatic rings. The Kier molecular flexibility index (Phi) is 10.4. The monoisotopic (exact) mass is 359 g/mol. The Morgan fingerprint density at radius 3 is 2.43 bits per heavy atom. The molecule has 0 saturated carbocycles. The summed E-state index contributed by atoms with van der Waals surface area (Å²) in [6.45, 7) is 3.73. The van der Waals surface area contributed by atoms with E-state index in [9.17, 15) is 0 Å². The number of nitrogens with one attached hydrogen (secondary N) is 4. The zero-order valence-corrected chi connectivity index (χ0v) is 15.3. The maximum Gasteiger partial charge on any atom is 0.186 e. The first-order valence-corrected chi connectivity index (χ1v) is 7.63. The highest BCUT2D eigenvalue weighted by Crippen LogP contribution is 2.15. The van der Waals surface area contributed by atoms with Gasteiger partial charge in [-0.1, -0.05) is 13.0 Å². The summed E-state index contributed by atoms with van der Waals surface area (Å²) < 4.78 is 0. The van der Waals surface area contributed by atoms with Gasteiger partial charge in [-0.25, -0.2) is 0 Å². The SMILES string of the molecule is CNC(=S)N/N=C(\C)C(=N)C(C)c1cccnc1.CNC(N)=S.[HH].[HH].[HH]. The summed E-state index contributed by atoms with van der Waals surface area (Å²) in [6.07, 6.45) is 3.48. The van der Waals surface area contributed by atoms with Crippen LogP contribution in [0, 0.1) is 5.41 Å². The molecule has 0 aliphatic carbocycles. The maximum absolute atomic E-state index is 8.08. The van der Waals surface area contributed by atoms with Crippen LogP contribution in [0.15, 0.2) is 29.6 Å². The van der Waals surface area contributed by atoms with Crippen molar-refractivity contribution in [3.8, 4) is 0 Å². The number of hydrogen-bond acceptors (Lipinski definition) is 5. The zero-order valence-electron chi connectivity index (χ0n) is 13.7. The highest BCUT2D eigenvalue weighted by Gasteiger charge is 2.14. The molecule has 0 aromatic carbocycles. The number of hydrogen-bond donors (Lipinski definition) is 5. The Labute approximate surface area is 152 Å². The molecule has 6 N–H and O–H groups in total. The van der Waals surface area contributed by atoms with E-state index in [1.54, 1.807) is 33.4 Å². The van der Waals surface area contributed by atoms with Crippen LogP contribution in [0.5, 0.6) is 0 Å². The third kappa shape index (κ3) is 8.79. The number of pyridine rings is 1. The van der Waals surface area contributed by atoms with Crippen LogP contribution in [0.3, 0.4) is 0 Å². The number of hydrazone groups is 1. The van der Waals surface area contributed by atoms with Crippen molar-refractivity contribution in [1.29, 1.82) is 5.41 Å². The van der Waals surface area contributed by atoms with E-state index in [0.717, 1.165) is 5.56 Å². The molecule has 0 bridgehead atoms. The number of nitrogens with zero attached hydrogens (tertiary/aromatic N) is 2. The summed E-state index contributed by atoms with van der Waals surface area (Å²) in [6, 6.07) is 3.81. The molecule has 0 spiro atoms. The highest BCUT2D eigenvalue weighted by atomic mass is 32.1.